The second-order valence-electron chi connectivity index (χ2n) is 6.49. The van der Waals surface area contributed by atoms with Gasteiger partial charge in [-0.15, -0.1) is 5.10 Å². The number of thioether (sulfide) groups is 1. The lowest BCUT2D eigenvalue weighted by Gasteiger charge is -2.20. The van der Waals surface area contributed by atoms with Crippen molar-refractivity contribution in [2.45, 2.75) is 69.8 Å². The highest BCUT2D eigenvalue weighted by Crippen LogP contribution is 2.20. The minimum absolute atomic E-state index is 0.128. The fourth-order valence-electron chi connectivity index (χ4n) is 2.32. The van der Waals surface area contributed by atoms with Crippen molar-refractivity contribution in [1.82, 2.24) is 25.5 Å². The molecule has 6 nitrogen and oxygen atoms in total. The van der Waals surface area contributed by atoms with Gasteiger partial charge in [0.05, 0.1) is 12.6 Å². The van der Waals surface area contributed by atoms with Gasteiger partial charge in [0.1, 0.15) is 0 Å². The first-order valence-electron chi connectivity index (χ1n) is 7.80. The lowest BCUT2D eigenvalue weighted by molar-refractivity contribution is 0.104. The average molecular weight is 313 g/mol. The predicted octanol–water partition coefficient (Wildman–Crippen LogP) is 2.11. The first-order chi connectivity index (χ1) is 10.0. The van der Waals surface area contributed by atoms with E-state index in [2.05, 4.69) is 41.6 Å². The molecule has 120 valence electrons. The van der Waals surface area contributed by atoms with Crippen LogP contribution >= 0.6 is 11.8 Å². The molecule has 1 aliphatic rings. The normalized spacial score (nSPS) is 19.3. The number of ether oxygens (including phenoxy) is 1. The van der Waals surface area contributed by atoms with E-state index in [1.54, 1.807) is 11.8 Å². The summed E-state index contributed by atoms with van der Waals surface area (Å²) in [5, 5.41) is 16.3. The number of nitrogens with one attached hydrogen (secondary N) is 1. The van der Waals surface area contributed by atoms with Crippen LogP contribution in [0.4, 0.5) is 0 Å². The van der Waals surface area contributed by atoms with Crippen molar-refractivity contribution < 1.29 is 4.74 Å². The molecule has 0 saturated carbocycles. The summed E-state index contributed by atoms with van der Waals surface area (Å²) in [6, 6.07) is 0. The van der Waals surface area contributed by atoms with Crippen molar-refractivity contribution >= 4 is 11.8 Å². The van der Waals surface area contributed by atoms with Gasteiger partial charge in [0.2, 0.25) is 5.16 Å². The number of rotatable bonds is 8. The van der Waals surface area contributed by atoms with Crippen molar-refractivity contribution in [1.29, 1.82) is 0 Å². The maximum Gasteiger partial charge on any atom is 0.209 e. The van der Waals surface area contributed by atoms with Crippen LogP contribution in [0.1, 0.15) is 46.5 Å². The molecule has 1 aromatic rings. The standard InChI is InChI=1S/C14H27N5OS/c1-14(2,3)15-8-9-19-13(16-17-18-19)21-11-5-7-12-6-4-10-20-12/h12,15H,4-11H2,1-3H3. The Hall–Kier alpha value is -0.660. The Morgan fingerprint density at radius 2 is 2.29 bits per heavy atom. The van der Waals surface area contributed by atoms with Crippen LogP contribution in [0.5, 0.6) is 0 Å². The van der Waals surface area contributed by atoms with Gasteiger partial charge < -0.3 is 10.1 Å². The number of aromatic nitrogens is 4. The molecule has 1 saturated heterocycles. The van der Waals surface area contributed by atoms with Gasteiger partial charge in [-0.2, -0.15) is 0 Å². The van der Waals surface area contributed by atoms with Crippen molar-refractivity contribution in [2.75, 3.05) is 18.9 Å². The van der Waals surface area contributed by atoms with Gasteiger partial charge in [-0.05, 0) is 56.9 Å². The van der Waals surface area contributed by atoms with E-state index < -0.39 is 0 Å². The Bertz CT molecular complexity index is 412. The molecule has 0 bridgehead atoms. The van der Waals surface area contributed by atoms with E-state index in [0.717, 1.165) is 43.4 Å². The quantitative estimate of drug-likeness (QED) is 0.586. The van der Waals surface area contributed by atoms with E-state index >= 15 is 0 Å². The monoisotopic (exact) mass is 313 g/mol. The highest BCUT2D eigenvalue weighted by atomic mass is 32.2. The molecule has 0 radical (unpaired) electrons. The van der Waals surface area contributed by atoms with Crippen LogP contribution in [0, 0.1) is 0 Å². The lowest BCUT2D eigenvalue weighted by Crippen LogP contribution is -2.38. The molecule has 7 heteroatoms. The van der Waals surface area contributed by atoms with Crippen LogP contribution in [0.2, 0.25) is 0 Å². The summed E-state index contributed by atoms with van der Waals surface area (Å²) < 4.78 is 7.52. The van der Waals surface area contributed by atoms with E-state index in [9.17, 15) is 0 Å². The lowest BCUT2D eigenvalue weighted by atomic mass is 10.1. The van der Waals surface area contributed by atoms with E-state index in [1.807, 2.05) is 4.68 Å². The second kappa shape index (κ2) is 8.10. The van der Waals surface area contributed by atoms with E-state index in [-0.39, 0.29) is 5.54 Å². The van der Waals surface area contributed by atoms with Crippen molar-refractivity contribution in [3.8, 4) is 0 Å². The van der Waals surface area contributed by atoms with Crippen molar-refractivity contribution in [2.24, 2.45) is 0 Å². The third-order valence-electron chi connectivity index (χ3n) is 3.40. The van der Waals surface area contributed by atoms with Gasteiger partial charge in [0.25, 0.3) is 0 Å². The minimum Gasteiger partial charge on any atom is -0.378 e. The van der Waals surface area contributed by atoms with E-state index in [0.29, 0.717) is 6.10 Å². The Labute approximate surface area is 131 Å². The van der Waals surface area contributed by atoms with Gasteiger partial charge in [0, 0.05) is 24.4 Å². The molecule has 0 aliphatic carbocycles. The molecule has 0 amide bonds. The minimum atomic E-state index is 0.128. The van der Waals surface area contributed by atoms with E-state index in [1.165, 1.54) is 12.8 Å². The Balaban J connectivity index is 1.65. The van der Waals surface area contributed by atoms with Gasteiger partial charge >= 0.3 is 0 Å². The molecule has 0 spiro atoms. The zero-order valence-electron chi connectivity index (χ0n) is 13.3. The number of tetrazole rings is 1. The van der Waals surface area contributed by atoms with Gasteiger partial charge in [-0.1, -0.05) is 11.8 Å². The molecule has 2 rings (SSSR count). The number of nitrogens with zero attached hydrogens (tertiary/aromatic N) is 4. The smallest absolute Gasteiger partial charge is 0.209 e. The highest BCUT2D eigenvalue weighted by Gasteiger charge is 2.15. The summed E-state index contributed by atoms with van der Waals surface area (Å²) in [5.74, 6) is 1.05. The van der Waals surface area contributed by atoms with Crippen molar-refractivity contribution in [3.05, 3.63) is 0 Å². The number of hydrogen-bond donors (Lipinski definition) is 1. The largest absolute Gasteiger partial charge is 0.378 e. The summed E-state index contributed by atoms with van der Waals surface area (Å²) in [4.78, 5) is 0. The highest BCUT2D eigenvalue weighted by molar-refractivity contribution is 7.99. The Kier molecular flexibility index (Phi) is 6.44. The molecule has 2 heterocycles. The van der Waals surface area contributed by atoms with Crippen LogP contribution < -0.4 is 5.32 Å². The third kappa shape index (κ3) is 6.32. The second-order valence-corrected chi connectivity index (χ2v) is 7.55. The molecule has 1 aliphatic heterocycles. The summed E-state index contributed by atoms with van der Waals surface area (Å²) in [6.45, 7) is 9.10. The fourth-order valence-corrected chi connectivity index (χ4v) is 3.19. The van der Waals surface area contributed by atoms with Crippen LogP contribution in [0.15, 0.2) is 5.16 Å². The number of hydrogen-bond acceptors (Lipinski definition) is 6. The SMILES string of the molecule is CC(C)(C)NCCn1nnnc1SCCCC1CCCO1. The molecule has 1 fully saturated rings. The fraction of sp³-hybridized carbons (Fsp3) is 0.929. The maximum atomic E-state index is 5.64. The first kappa shape index (κ1) is 16.7. The maximum absolute atomic E-state index is 5.64. The summed E-state index contributed by atoms with van der Waals surface area (Å²) >= 11 is 1.74. The van der Waals surface area contributed by atoms with Crippen LogP contribution in [-0.2, 0) is 11.3 Å². The molecule has 1 aromatic heterocycles. The summed E-state index contributed by atoms with van der Waals surface area (Å²) in [5.41, 5.74) is 0.128. The summed E-state index contributed by atoms with van der Waals surface area (Å²) in [7, 11) is 0. The predicted molar refractivity (Wildman–Crippen MR) is 84.5 cm³/mol. The zero-order chi connectivity index (χ0) is 15.1. The average Bonchev–Trinajstić information content (AvgIpc) is 3.04. The van der Waals surface area contributed by atoms with E-state index in [4.69, 9.17) is 4.74 Å². The van der Waals surface area contributed by atoms with Crippen molar-refractivity contribution in [3.63, 3.8) is 0 Å². The van der Waals surface area contributed by atoms with Gasteiger partial charge in [0.15, 0.2) is 0 Å². The molecular formula is C14H27N5OS. The molecule has 0 aromatic carbocycles. The molecule has 1 unspecified atom stereocenters. The Morgan fingerprint density at radius 3 is 3.00 bits per heavy atom. The van der Waals surface area contributed by atoms with Gasteiger partial charge in [-0.3, -0.25) is 0 Å². The molecule has 21 heavy (non-hydrogen) atoms. The third-order valence-corrected chi connectivity index (χ3v) is 4.45. The summed E-state index contributed by atoms with van der Waals surface area (Å²) in [6.07, 6.45) is 5.23. The molecular weight excluding hydrogens is 286 g/mol. The Morgan fingerprint density at radius 1 is 1.43 bits per heavy atom. The van der Waals surface area contributed by atoms with Crippen LogP contribution in [-0.4, -0.2) is 50.8 Å². The molecule has 1 N–H and O–H groups in total. The molecule has 1 atom stereocenters. The van der Waals surface area contributed by atoms with Crippen LogP contribution in [0.25, 0.3) is 0 Å². The van der Waals surface area contributed by atoms with Crippen LogP contribution in [0.3, 0.4) is 0 Å². The topological polar surface area (TPSA) is 64.9 Å². The first-order valence-corrected chi connectivity index (χ1v) is 8.79. The zero-order valence-corrected chi connectivity index (χ0v) is 14.2. The van der Waals surface area contributed by atoms with Gasteiger partial charge in [-0.25, -0.2) is 4.68 Å².